The number of aromatic nitrogens is 1. The summed E-state index contributed by atoms with van der Waals surface area (Å²) in [5.41, 5.74) is -0.00000567. The summed E-state index contributed by atoms with van der Waals surface area (Å²) >= 11 is 0. The van der Waals surface area contributed by atoms with Crippen molar-refractivity contribution in [1.29, 1.82) is 0 Å². The Morgan fingerprint density at radius 3 is 2.55 bits per heavy atom. The fourth-order valence-electron chi connectivity index (χ4n) is 3.30. The van der Waals surface area contributed by atoms with E-state index < -0.39 is 0 Å². The highest BCUT2D eigenvalue weighted by atomic mass is 16.1. The first-order valence-corrected chi connectivity index (χ1v) is 7.67. The summed E-state index contributed by atoms with van der Waals surface area (Å²) in [4.78, 5) is 15.0. The van der Waals surface area contributed by atoms with Crippen molar-refractivity contribution in [3.63, 3.8) is 0 Å². The first-order valence-electron chi connectivity index (χ1n) is 7.67. The molecule has 1 aromatic heterocycles. The lowest BCUT2D eigenvalue weighted by Crippen LogP contribution is -2.20. The van der Waals surface area contributed by atoms with Gasteiger partial charge in [0.25, 0.3) is 5.56 Å². The first-order chi connectivity index (χ1) is 9.81. The number of anilines is 1. The Balaban J connectivity index is 1.54. The van der Waals surface area contributed by atoms with Crippen LogP contribution in [0.3, 0.4) is 0 Å². The zero-order valence-corrected chi connectivity index (χ0v) is 11.6. The molecular formula is C17H20N2O. The molecule has 0 radical (unpaired) electrons. The largest absolute Gasteiger partial charge is 0.371 e. The van der Waals surface area contributed by atoms with E-state index in [9.17, 15) is 4.79 Å². The number of fused-ring (bicyclic) bond motifs is 1. The first kappa shape index (κ1) is 12.0. The van der Waals surface area contributed by atoms with Crippen LogP contribution in [0.2, 0.25) is 0 Å². The highest BCUT2D eigenvalue weighted by Gasteiger charge is 2.40. The van der Waals surface area contributed by atoms with Gasteiger partial charge in [-0.2, -0.15) is 0 Å². The Kier molecular flexibility index (Phi) is 2.79. The third-order valence-electron chi connectivity index (χ3n) is 4.74. The molecule has 0 spiro atoms. The molecule has 2 N–H and O–H groups in total. The summed E-state index contributed by atoms with van der Waals surface area (Å²) in [6.45, 7) is 1.00. The monoisotopic (exact) mass is 268 g/mol. The van der Waals surface area contributed by atoms with Crippen molar-refractivity contribution in [2.24, 2.45) is 17.8 Å². The molecule has 20 heavy (non-hydrogen) atoms. The Hall–Kier alpha value is -1.77. The van der Waals surface area contributed by atoms with Crippen molar-refractivity contribution in [3.05, 3.63) is 40.7 Å². The Bertz CT molecular complexity index is 671. The maximum atomic E-state index is 12.0. The van der Waals surface area contributed by atoms with E-state index in [0.29, 0.717) is 0 Å². The summed E-state index contributed by atoms with van der Waals surface area (Å²) in [5, 5.41) is 5.24. The van der Waals surface area contributed by atoms with Gasteiger partial charge in [0.05, 0.1) is 0 Å². The summed E-state index contributed by atoms with van der Waals surface area (Å²) in [5.74, 6) is 3.54. The second-order valence-corrected chi connectivity index (χ2v) is 6.32. The number of hydrogen-bond donors (Lipinski definition) is 2. The third kappa shape index (κ3) is 2.33. The molecule has 1 heterocycles. The third-order valence-corrected chi connectivity index (χ3v) is 4.74. The van der Waals surface area contributed by atoms with Crippen molar-refractivity contribution in [1.82, 2.24) is 4.98 Å². The second-order valence-electron chi connectivity index (χ2n) is 6.32. The molecule has 4 rings (SSSR count). The Morgan fingerprint density at radius 2 is 1.85 bits per heavy atom. The lowest BCUT2D eigenvalue weighted by atomic mass is 9.98. The van der Waals surface area contributed by atoms with E-state index in [4.69, 9.17) is 0 Å². The maximum Gasteiger partial charge on any atom is 0.257 e. The molecule has 3 nitrogen and oxygen atoms in total. The van der Waals surface area contributed by atoms with E-state index in [-0.39, 0.29) is 5.56 Å². The highest BCUT2D eigenvalue weighted by Crippen LogP contribution is 2.49. The zero-order chi connectivity index (χ0) is 13.5. The van der Waals surface area contributed by atoms with Gasteiger partial charge in [0.15, 0.2) is 0 Å². The quantitative estimate of drug-likeness (QED) is 0.873. The predicted molar refractivity (Wildman–Crippen MR) is 82.0 cm³/mol. The summed E-state index contributed by atoms with van der Waals surface area (Å²) in [6.07, 6.45) is 5.60. The Morgan fingerprint density at radius 1 is 1.15 bits per heavy atom. The van der Waals surface area contributed by atoms with Crippen molar-refractivity contribution < 1.29 is 0 Å². The number of nitrogens with one attached hydrogen (secondary N) is 2. The molecule has 0 bridgehead atoms. The van der Waals surface area contributed by atoms with Gasteiger partial charge in [-0.3, -0.25) is 4.79 Å². The van der Waals surface area contributed by atoms with Gasteiger partial charge >= 0.3 is 0 Å². The number of hydrogen-bond acceptors (Lipinski definition) is 2. The van der Waals surface area contributed by atoms with E-state index in [1.807, 2.05) is 30.3 Å². The lowest BCUT2D eigenvalue weighted by Gasteiger charge is -2.17. The van der Waals surface area contributed by atoms with E-state index in [0.717, 1.165) is 40.9 Å². The van der Waals surface area contributed by atoms with Crippen LogP contribution in [0.1, 0.15) is 25.7 Å². The van der Waals surface area contributed by atoms with Crippen LogP contribution in [0.5, 0.6) is 0 Å². The molecule has 2 aliphatic rings. The number of H-pyrrole nitrogens is 1. The van der Waals surface area contributed by atoms with Crippen LogP contribution in [0.15, 0.2) is 35.1 Å². The molecule has 0 unspecified atom stereocenters. The van der Waals surface area contributed by atoms with E-state index >= 15 is 0 Å². The van der Waals surface area contributed by atoms with Crippen LogP contribution < -0.4 is 10.9 Å². The summed E-state index contributed by atoms with van der Waals surface area (Å²) in [7, 11) is 0. The highest BCUT2D eigenvalue weighted by molar-refractivity contribution is 5.83. The molecule has 2 fully saturated rings. The molecule has 104 valence electrons. The molecule has 2 aliphatic carbocycles. The van der Waals surface area contributed by atoms with Crippen molar-refractivity contribution in [2.45, 2.75) is 25.7 Å². The molecule has 0 amide bonds. The Labute approximate surface area is 118 Å². The van der Waals surface area contributed by atoms with E-state index in [2.05, 4.69) is 10.3 Å². The molecular weight excluding hydrogens is 248 g/mol. The molecule has 0 atom stereocenters. The van der Waals surface area contributed by atoms with Gasteiger partial charge in [0, 0.05) is 11.9 Å². The van der Waals surface area contributed by atoms with Crippen LogP contribution >= 0.6 is 0 Å². The second kappa shape index (κ2) is 4.65. The van der Waals surface area contributed by atoms with E-state index in [1.165, 1.54) is 25.7 Å². The number of benzene rings is 1. The van der Waals surface area contributed by atoms with Crippen LogP contribution in [-0.4, -0.2) is 11.5 Å². The average Bonchev–Trinajstić information content (AvgIpc) is 3.33. The van der Waals surface area contributed by atoms with Crippen LogP contribution in [0.4, 0.5) is 5.82 Å². The predicted octanol–water partition coefficient (Wildman–Crippen LogP) is 3.38. The van der Waals surface area contributed by atoms with Gasteiger partial charge in [-0.25, -0.2) is 0 Å². The van der Waals surface area contributed by atoms with Crippen molar-refractivity contribution in [3.8, 4) is 0 Å². The minimum atomic E-state index is -0.00000567. The minimum absolute atomic E-state index is 0.00000567. The summed E-state index contributed by atoms with van der Waals surface area (Å²) < 4.78 is 0. The van der Waals surface area contributed by atoms with Gasteiger partial charge < -0.3 is 10.3 Å². The molecule has 2 saturated carbocycles. The fourth-order valence-corrected chi connectivity index (χ4v) is 3.30. The molecule has 3 heteroatoms. The van der Waals surface area contributed by atoms with Crippen LogP contribution in [-0.2, 0) is 0 Å². The van der Waals surface area contributed by atoms with Gasteiger partial charge in [0.2, 0.25) is 0 Å². The smallest absolute Gasteiger partial charge is 0.257 e. The van der Waals surface area contributed by atoms with Gasteiger partial charge in [-0.1, -0.05) is 18.2 Å². The van der Waals surface area contributed by atoms with Crippen molar-refractivity contribution in [2.75, 3.05) is 11.9 Å². The number of rotatable bonds is 5. The summed E-state index contributed by atoms with van der Waals surface area (Å²) in [6, 6.07) is 9.79. The molecule has 0 saturated heterocycles. The average molecular weight is 268 g/mol. The molecule has 0 aliphatic heterocycles. The van der Waals surface area contributed by atoms with Gasteiger partial charge in [-0.05, 0) is 61.0 Å². The lowest BCUT2D eigenvalue weighted by molar-refractivity contribution is 0.427. The number of aromatic amines is 1. The minimum Gasteiger partial charge on any atom is -0.371 e. The molecule has 2 aromatic rings. The van der Waals surface area contributed by atoms with Crippen LogP contribution in [0.25, 0.3) is 10.8 Å². The zero-order valence-electron chi connectivity index (χ0n) is 11.6. The fraction of sp³-hybridized carbons (Fsp3) is 0.471. The van der Waals surface area contributed by atoms with E-state index in [1.54, 1.807) is 0 Å². The van der Waals surface area contributed by atoms with Gasteiger partial charge in [-0.15, -0.1) is 0 Å². The van der Waals surface area contributed by atoms with Crippen LogP contribution in [0, 0.1) is 17.8 Å². The molecule has 1 aromatic carbocycles. The van der Waals surface area contributed by atoms with Gasteiger partial charge in [0.1, 0.15) is 5.82 Å². The standard InChI is InChI=1S/C17H20N2O/c20-17-14-4-2-1-3-13(14)9-16(19-17)18-10-15(11-5-6-11)12-7-8-12/h1-4,9,11-12,15H,5-8,10H2,(H2,18,19,20). The maximum absolute atomic E-state index is 12.0. The van der Waals surface area contributed by atoms with Crippen molar-refractivity contribution >= 4 is 16.6 Å². The SMILES string of the molecule is O=c1[nH]c(NCC(C2CC2)C2CC2)cc2ccccc12. The normalized spacial score (nSPS) is 18.6. The number of pyridine rings is 1. The topological polar surface area (TPSA) is 44.9 Å².